The fourth-order valence-electron chi connectivity index (χ4n) is 3.19. The standard InChI is InChI=1S/C15H30N2O/c1-4-8-16-15(12(3)5-2)11-17-9-13-6-7-14(10-17)18-13/h12-16H,4-11H2,1-3H3. The number of fused-ring (bicyclic) bond motifs is 2. The third-order valence-corrected chi connectivity index (χ3v) is 4.56. The Morgan fingerprint density at radius 2 is 1.89 bits per heavy atom. The lowest BCUT2D eigenvalue weighted by molar-refractivity contribution is -0.0422. The van der Waals surface area contributed by atoms with Crippen LogP contribution in [0.5, 0.6) is 0 Å². The van der Waals surface area contributed by atoms with E-state index in [9.17, 15) is 0 Å². The van der Waals surface area contributed by atoms with Crippen LogP contribution in [0.2, 0.25) is 0 Å². The highest BCUT2D eigenvalue weighted by atomic mass is 16.5. The van der Waals surface area contributed by atoms with Crippen LogP contribution in [0.4, 0.5) is 0 Å². The summed E-state index contributed by atoms with van der Waals surface area (Å²) < 4.78 is 5.91. The van der Waals surface area contributed by atoms with E-state index in [1.807, 2.05) is 0 Å². The molecule has 2 rings (SSSR count). The quantitative estimate of drug-likeness (QED) is 0.754. The van der Waals surface area contributed by atoms with Crippen molar-refractivity contribution < 1.29 is 4.74 Å². The fourth-order valence-corrected chi connectivity index (χ4v) is 3.19. The van der Waals surface area contributed by atoms with Crippen molar-refractivity contribution in [2.45, 2.75) is 64.7 Å². The number of hydrogen-bond donors (Lipinski definition) is 1. The Bertz CT molecular complexity index is 235. The second kappa shape index (κ2) is 6.88. The molecule has 3 heteroatoms. The van der Waals surface area contributed by atoms with Gasteiger partial charge in [-0.3, -0.25) is 4.90 Å². The topological polar surface area (TPSA) is 24.5 Å². The molecule has 0 amide bonds. The molecule has 2 bridgehead atoms. The molecule has 0 aromatic carbocycles. The van der Waals surface area contributed by atoms with E-state index in [0.29, 0.717) is 18.2 Å². The highest BCUT2D eigenvalue weighted by molar-refractivity contribution is 4.87. The van der Waals surface area contributed by atoms with Crippen LogP contribution in [0.1, 0.15) is 46.5 Å². The lowest BCUT2D eigenvalue weighted by atomic mass is 9.98. The van der Waals surface area contributed by atoms with Crippen molar-refractivity contribution in [3.8, 4) is 0 Å². The summed E-state index contributed by atoms with van der Waals surface area (Å²) in [6, 6.07) is 0.646. The zero-order valence-electron chi connectivity index (χ0n) is 12.3. The van der Waals surface area contributed by atoms with Crippen LogP contribution in [0.15, 0.2) is 0 Å². The largest absolute Gasteiger partial charge is 0.372 e. The number of ether oxygens (including phenoxy) is 1. The maximum Gasteiger partial charge on any atom is 0.0707 e. The molecule has 0 aromatic heterocycles. The van der Waals surface area contributed by atoms with Gasteiger partial charge in [0.15, 0.2) is 0 Å². The van der Waals surface area contributed by atoms with Gasteiger partial charge in [-0.2, -0.15) is 0 Å². The van der Waals surface area contributed by atoms with Gasteiger partial charge in [0.2, 0.25) is 0 Å². The Morgan fingerprint density at radius 3 is 2.44 bits per heavy atom. The molecule has 2 saturated heterocycles. The Balaban J connectivity index is 1.83. The molecule has 2 heterocycles. The molecule has 18 heavy (non-hydrogen) atoms. The number of nitrogens with zero attached hydrogens (tertiary/aromatic N) is 1. The van der Waals surface area contributed by atoms with E-state index >= 15 is 0 Å². The monoisotopic (exact) mass is 254 g/mol. The molecule has 4 atom stereocenters. The van der Waals surface area contributed by atoms with Crippen molar-refractivity contribution in [2.75, 3.05) is 26.2 Å². The molecule has 0 saturated carbocycles. The predicted molar refractivity (Wildman–Crippen MR) is 75.9 cm³/mol. The molecule has 3 nitrogen and oxygen atoms in total. The van der Waals surface area contributed by atoms with E-state index in [1.165, 1.54) is 32.2 Å². The molecule has 0 spiro atoms. The minimum absolute atomic E-state index is 0.521. The van der Waals surface area contributed by atoms with Gasteiger partial charge >= 0.3 is 0 Å². The zero-order chi connectivity index (χ0) is 13.0. The molecule has 4 unspecified atom stereocenters. The second-order valence-electron chi connectivity index (χ2n) is 6.12. The maximum absolute atomic E-state index is 5.91. The van der Waals surface area contributed by atoms with Gasteiger partial charge in [0.05, 0.1) is 12.2 Å². The molecular formula is C15H30N2O. The summed E-state index contributed by atoms with van der Waals surface area (Å²) in [5.74, 6) is 0.761. The van der Waals surface area contributed by atoms with Crippen molar-refractivity contribution in [3.05, 3.63) is 0 Å². The van der Waals surface area contributed by atoms with Crippen LogP contribution in [0, 0.1) is 5.92 Å². The molecule has 1 N–H and O–H groups in total. The first-order valence-corrected chi connectivity index (χ1v) is 7.84. The molecule has 0 radical (unpaired) electrons. The molecule has 2 fully saturated rings. The van der Waals surface area contributed by atoms with Crippen LogP contribution >= 0.6 is 0 Å². The molecule has 2 aliphatic rings. The van der Waals surface area contributed by atoms with Crippen molar-refractivity contribution in [1.82, 2.24) is 10.2 Å². The van der Waals surface area contributed by atoms with E-state index < -0.39 is 0 Å². The van der Waals surface area contributed by atoms with Crippen molar-refractivity contribution in [3.63, 3.8) is 0 Å². The van der Waals surface area contributed by atoms with E-state index in [2.05, 4.69) is 31.0 Å². The summed E-state index contributed by atoms with van der Waals surface area (Å²) in [5, 5.41) is 3.73. The van der Waals surface area contributed by atoms with Crippen LogP contribution in [0.25, 0.3) is 0 Å². The normalized spacial score (nSPS) is 31.5. The first-order chi connectivity index (χ1) is 8.72. The molecule has 0 aliphatic carbocycles. The summed E-state index contributed by atoms with van der Waals surface area (Å²) in [5.41, 5.74) is 0. The molecule has 0 aromatic rings. The average molecular weight is 254 g/mol. The Hall–Kier alpha value is -0.120. The Morgan fingerprint density at radius 1 is 1.22 bits per heavy atom. The summed E-state index contributed by atoms with van der Waals surface area (Å²) in [6.45, 7) is 11.6. The van der Waals surface area contributed by atoms with Gasteiger partial charge in [0.1, 0.15) is 0 Å². The maximum atomic E-state index is 5.91. The summed E-state index contributed by atoms with van der Waals surface area (Å²) in [7, 11) is 0. The number of nitrogens with one attached hydrogen (secondary N) is 1. The minimum Gasteiger partial charge on any atom is -0.372 e. The SMILES string of the molecule is CCCNC(CN1CC2CCC(C1)O2)C(C)CC. The lowest BCUT2D eigenvalue weighted by Gasteiger charge is -2.36. The van der Waals surface area contributed by atoms with Gasteiger partial charge < -0.3 is 10.1 Å². The zero-order valence-corrected chi connectivity index (χ0v) is 12.3. The van der Waals surface area contributed by atoms with Gasteiger partial charge in [-0.1, -0.05) is 27.2 Å². The summed E-state index contributed by atoms with van der Waals surface area (Å²) in [6.07, 6.45) is 6.08. The number of morpholine rings is 1. The van der Waals surface area contributed by atoms with Crippen LogP contribution < -0.4 is 5.32 Å². The minimum atomic E-state index is 0.521. The van der Waals surface area contributed by atoms with Gasteiger partial charge in [-0.25, -0.2) is 0 Å². The highest BCUT2D eigenvalue weighted by Gasteiger charge is 2.34. The van der Waals surface area contributed by atoms with Crippen LogP contribution in [0.3, 0.4) is 0 Å². The highest BCUT2D eigenvalue weighted by Crippen LogP contribution is 2.26. The van der Waals surface area contributed by atoms with E-state index in [4.69, 9.17) is 4.74 Å². The molecule has 106 valence electrons. The lowest BCUT2D eigenvalue weighted by Crippen LogP contribution is -2.50. The third kappa shape index (κ3) is 3.69. The second-order valence-corrected chi connectivity index (χ2v) is 6.12. The average Bonchev–Trinajstić information content (AvgIpc) is 2.72. The number of likely N-dealkylation sites (tertiary alicyclic amines) is 1. The summed E-state index contributed by atoms with van der Waals surface area (Å²) >= 11 is 0. The van der Waals surface area contributed by atoms with E-state index in [1.54, 1.807) is 0 Å². The smallest absolute Gasteiger partial charge is 0.0707 e. The van der Waals surface area contributed by atoms with E-state index in [-0.39, 0.29) is 0 Å². The van der Waals surface area contributed by atoms with Gasteiger partial charge in [-0.15, -0.1) is 0 Å². The Kier molecular flexibility index (Phi) is 5.46. The first kappa shape index (κ1) is 14.3. The first-order valence-electron chi connectivity index (χ1n) is 7.84. The van der Waals surface area contributed by atoms with Crippen LogP contribution in [-0.4, -0.2) is 49.3 Å². The van der Waals surface area contributed by atoms with Gasteiger partial charge in [-0.05, 0) is 31.7 Å². The molecule has 2 aliphatic heterocycles. The number of rotatable bonds is 7. The predicted octanol–water partition coefficient (Wildman–Crippen LogP) is 2.26. The number of hydrogen-bond acceptors (Lipinski definition) is 3. The van der Waals surface area contributed by atoms with Crippen LogP contribution in [-0.2, 0) is 4.74 Å². The van der Waals surface area contributed by atoms with Gasteiger partial charge in [0, 0.05) is 25.7 Å². The van der Waals surface area contributed by atoms with Gasteiger partial charge in [0.25, 0.3) is 0 Å². The van der Waals surface area contributed by atoms with Crippen molar-refractivity contribution in [2.24, 2.45) is 5.92 Å². The van der Waals surface area contributed by atoms with Crippen molar-refractivity contribution >= 4 is 0 Å². The Labute approximate surface area is 112 Å². The fraction of sp³-hybridized carbons (Fsp3) is 1.00. The van der Waals surface area contributed by atoms with Crippen molar-refractivity contribution in [1.29, 1.82) is 0 Å². The molecular weight excluding hydrogens is 224 g/mol. The summed E-state index contributed by atoms with van der Waals surface area (Å²) in [4.78, 5) is 2.63. The van der Waals surface area contributed by atoms with E-state index in [0.717, 1.165) is 25.6 Å². The third-order valence-electron chi connectivity index (χ3n) is 4.56.